The lowest BCUT2D eigenvalue weighted by Gasteiger charge is -2.21. The van der Waals surface area contributed by atoms with Gasteiger partial charge in [-0.15, -0.1) is 0 Å². The maximum absolute atomic E-state index is 13.9. The highest BCUT2D eigenvalue weighted by Crippen LogP contribution is 2.27. The monoisotopic (exact) mass is 352 g/mol. The molecule has 1 aliphatic carbocycles. The fourth-order valence-electron chi connectivity index (χ4n) is 3.52. The molecule has 0 aliphatic heterocycles. The summed E-state index contributed by atoms with van der Waals surface area (Å²) >= 11 is 6.06. The third kappa shape index (κ3) is 4.07. The fraction of sp³-hybridized carbons (Fsp3) is 0.556. The third-order valence-electron chi connectivity index (χ3n) is 4.88. The van der Waals surface area contributed by atoms with Crippen LogP contribution in [0.25, 0.3) is 0 Å². The summed E-state index contributed by atoms with van der Waals surface area (Å²) in [4.78, 5) is 11.9. The predicted octanol–water partition coefficient (Wildman–Crippen LogP) is 4.58. The Morgan fingerprint density at radius 2 is 2.08 bits per heavy atom. The molecule has 3 rings (SSSR count). The Labute approximate surface area is 145 Å². The van der Waals surface area contributed by atoms with Gasteiger partial charge in [-0.25, -0.2) is 9.18 Å². The van der Waals surface area contributed by atoms with Crippen LogP contribution >= 0.6 is 11.6 Å². The molecule has 6 heteroatoms. The molecule has 0 unspecified atom stereocenters. The molecular formula is C18H22ClFN2O2. The maximum Gasteiger partial charge on any atom is 0.441 e. The number of rotatable bonds is 6. The zero-order chi connectivity index (χ0) is 16.9. The third-order valence-corrected chi connectivity index (χ3v) is 5.23. The van der Waals surface area contributed by atoms with Crippen molar-refractivity contribution < 1.29 is 8.91 Å². The summed E-state index contributed by atoms with van der Waals surface area (Å²) in [6.07, 6.45) is 8.72. The Balaban J connectivity index is 1.66. The van der Waals surface area contributed by atoms with Gasteiger partial charge in [0.2, 0.25) is 0 Å². The molecular weight excluding hydrogens is 331 g/mol. The van der Waals surface area contributed by atoms with Crippen molar-refractivity contribution in [2.24, 2.45) is 5.92 Å². The number of aromatic nitrogens is 2. The SMILES string of the molecule is O=c1onc(Cc2c(F)cccc2Cl)n1CCCC1CCCCC1. The van der Waals surface area contributed by atoms with E-state index >= 15 is 0 Å². The van der Waals surface area contributed by atoms with E-state index < -0.39 is 11.6 Å². The van der Waals surface area contributed by atoms with Crippen LogP contribution in [0.5, 0.6) is 0 Å². The highest BCUT2D eigenvalue weighted by atomic mass is 35.5. The molecule has 0 spiro atoms. The first-order valence-corrected chi connectivity index (χ1v) is 9.01. The van der Waals surface area contributed by atoms with Crippen molar-refractivity contribution in [1.29, 1.82) is 0 Å². The number of hydrogen-bond donors (Lipinski definition) is 0. The average Bonchev–Trinajstić information content (AvgIpc) is 2.92. The molecule has 24 heavy (non-hydrogen) atoms. The first-order chi connectivity index (χ1) is 11.6. The molecule has 1 aliphatic rings. The summed E-state index contributed by atoms with van der Waals surface area (Å²) in [6, 6.07) is 4.54. The maximum atomic E-state index is 13.9. The van der Waals surface area contributed by atoms with E-state index in [4.69, 9.17) is 16.1 Å². The standard InChI is InChI=1S/C18H22ClFN2O2/c19-15-9-4-10-16(20)14(15)12-17-21-24-18(23)22(17)11-5-8-13-6-2-1-3-7-13/h4,9-10,13H,1-3,5-8,11-12H2. The van der Waals surface area contributed by atoms with E-state index in [0.717, 1.165) is 18.8 Å². The molecule has 1 saturated carbocycles. The summed E-state index contributed by atoms with van der Waals surface area (Å²) in [5.41, 5.74) is 0.341. The molecule has 2 aromatic rings. The summed E-state index contributed by atoms with van der Waals surface area (Å²) < 4.78 is 20.2. The Bertz CT molecular complexity index is 715. The van der Waals surface area contributed by atoms with Crippen LogP contribution in [-0.4, -0.2) is 9.72 Å². The van der Waals surface area contributed by atoms with Crippen LogP contribution in [-0.2, 0) is 13.0 Å². The molecule has 1 aromatic carbocycles. The van der Waals surface area contributed by atoms with Gasteiger partial charge in [0.1, 0.15) is 5.82 Å². The molecule has 130 valence electrons. The minimum absolute atomic E-state index is 0.153. The van der Waals surface area contributed by atoms with Crippen LogP contribution in [0.15, 0.2) is 27.5 Å². The first-order valence-electron chi connectivity index (χ1n) is 8.63. The van der Waals surface area contributed by atoms with Crippen molar-refractivity contribution in [2.75, 3.05) is 0 Å². The van der Waals surface area contributed by atoms with Crippen molar-refractivity contribution in [3.63, 3.8) is 0 Å². The van der Waals surface area contributed by atoms with Crippen molar-refractivity contribution >= 4 is 11.6 Å². The lowest BCUT2D eigenvalue weighted by Crippen LogP contribution is -2.18. The van der Waals surface area contributed by atoms with E-state index in [2.05, 4.69) is 5.16 Å². The van der Waals surface area contributed by atoms with Gasteiger partial charge in [-0.1, -0.05) is 54.9 Å². The normalized spacial score (nSPS) is 15.8. The minimum atomic E-state index is -0.485. The minimum Gasteiger partial charge on any atom is -0.296 e. The Kier molecular flexibility index (Phi) is 5.72. The van der Waals surface area contributed by atoms with Crippen molar-refractivity contribution in [3.05, 3.63) is 51.0 Å². The van der Waals surface area contributed by atoms with Gasteiger partial charge in [0, 0.05) is 23.6 Å². The quantitative estimate of drug-likeness (QED) is 0.764. The zero-order valence-corrected chi connectivity index (χ0v) is 14.4. The van der Waals surface area contributed by atoms with Crippen LogP contribution < -0.4 is 5.76 Å². The van der Waals surface area contributed by atoms with Gasteiger partial charge in [0.15, 0.2) is 5.82 Å². The van der Waals surface area contributed by atoms with Gasteiger partial charge < -0.3 is 0 Å². The van der Waals surface area contributed by atoms with Crippen molar-refractivity contribution in [1.82, 2.24) is 9.72 Å². The number of hydrogen-bond acceptors (Lipinski definition) is 3. The van der Waals surface area contributed by atoms with E-state index in [1.807, 2.05) is 0 Å². The summed E-state index contributed by atoms with van der Waals surface area (Å²) in [7, 11) is 0. The predicted molar refractivity (Wildman–Crippen MR) is 90.8 cm³/mol. The number of benzene rings is 1. The van der Waals surface area contributed by atoms with Gasteiger partial charge in [0.25, 0.3) is 0 Å². The topological polar surface area (TPSA) is 48.0 Å². The lowest BCUT2D eigenvalue weighted by atomic mass is 9.86. The number of halogens is 2. The summed E-state index contributed by atoms with van der Waals surface area (Å²) in [6.45, 7) is 0.556. The second-order valence-electron chi connectivity index (χ2n) is 6.54. The van der Waals surface area contributed by atoms with Crippen LogP contribution in [0, 0.1) is 11.7 Å². The van der Waals surface area contributed by atoms with Crippen LogP contribution in [0.1, 0.15) is 56.3 Å². The van der Waals surface area contributed by atoms with Gasteiger partial charge in [-0.05, 0) is 30.9 Å². The van der Waals surface area contributed by atoms with Crippen molar-refractivity contribution in [2.45, 2.75) is 57.9 Å². The Morgan fingerprint density at radius 3 is 2.83 bits per heavy atom. The molecule has 0 N–H and O–H groups in total. The molecule has 0 saturated heterocycles. The van der Waals surface area contributed by atoms with Gasteiger partial charge in [-0.3, -0.25) is 9.09 Å². The summed E-state index contributed by atoms with van der Waals surface area (Å²) in [5.74, 6) is 0.308. The fourth-order valence-corrected chi connectivity index (χ4v) is 3.75. The molecule has 4 nitrogen and oxygen atoms in total. The molecule has 1 heterocycles. The van der Waals surface area contributed by atoms with Gasteiger partial charge in [-0.2, -0.15) is 0 Å². The van der Waals surface area contributed by atoms with Crippen LogP contribution in [0.2, 0.25) is 5.02 Å². The second kappa shape index (κ2) is 7.97. The average molecular weight is 353 g/mol. The molecule has 0 bridgehead atoms. The van der Waals surface area contributed by atoms with E-state index in [9.17, 15) is 9.18 Å². The van der Waals surface area contributed by atoms with E-state index in [1.165, 1.54) is 42.7 Å². The largest absolute Gasteiger partial charge is 0.441 e. The summed E-state index contributed by atoms with van der Waals surface area (Å²) in [5, 5.41) is 4.14. The highest BCUT2D eigenvalue weighted by molar-refractivity contribution is 6.31. The van der Waals surface area contributed by atoms with Crippen LogP contribution in [0.4, 0.5) is 4.39 Å². The van der Waals surface area contributed by atoms with Crippen molar-refractivity contribution in [3.8, 4) is 0 Å². The lowest BCUT2D eigenvalue weighted by molar-refractivity contribution is 0.322. The Morgan fingerprint density at radius 1 is 1.29 bits per heavy atom. The highest BCUT2D eigenvalue weighted by Gasteiger charge is 2.17. The Hall–Kier alpha value is -1.62. The number of nitrogens with zero attached hydrogens (tertiary/aromatic N) is 2. The smallest absolute Gasteiger partial charge is 0.296 e. The molecule has 0 amide bonds. The molecule has 1 fully saturated rings. The first kappa shape index (κ1) is 17.2. The van der Waals surface area contributed by atoms with E-state index in [-0.39, 0.29) is 6.42 Å². The van der Waals surface area contributed by atoms with Gasteiger partial charge >= 0.3 is 5.76 Å². The van der Waals surface area contributed by atoms with Crippen LogP contribution in [0.3, 0.4) is 0 Å². The second-order valence-corrected chi connectivity index (χ2v) is 6.95. The van der Waals surface area contributed by atoms with Gasteiger partial charge in [0.05, 0.1) is 0 Å². The van der Waals surface area contributed by atoms with E-state index in [1.54, 1.807) is 12.1 Å². The molecule has 1 aromatic heterocycles. The molecule has 0 atom stereocenters. The van der Waals surface area contributed by atoms with E-state index in [0.29, 0.717) is 23.0 Å². The zero-order valence-electron chi connectivity index (χ0n) is 13.6. The molecule has 0 radical (unpaired) electrons.